The van der Waals surface area contributed by atoms with E-state index in [1.54, 1.807) is 0 Å². The molecule has 0 heterocycles. The predicted molar refractivity (Wildman–Crippen MR) is 83.0 cm³/mol. The minimum atomic E-state index is -0.0806. The minimum Gasteiger partial charge on any atom is -0.322 e. The topological polar surface area (TPSA) is 41.1 Å². The molecule has 0 spiro atoms. The van der Waals surface area contributed by atoms with Crippen LogP contribution in [0.15, 0.2) is 48.5 Å². The summed E-state index contributed by atoms with van der Waals surface area (Å²) in [5, 5.41) is 6.13. The molecule has 2 aromatic carbocycles. The third kappa shape index (κ3) is 3.45. The molecule has 1 unspecified atom stereocenters. The second-order valence-electron chi connectivity index (χ2n) is 4.96. The van der Waals surface area contributed by atoms with E-state index in [1.807, 2.05) is 62.5 Å². The van der Waals surface area contributed by atoms with Crippen LogP contribution in [-0.2, 0) is 0 Å². The van der Waals surface area contributed by atoms with Gasteiger partial charge in [-0.2, -0.15) is 0 Å². The molecule has 0 aliphatic carbocycles. The molecule has 3 nitrogen and oxygen atoms in total. The SMILES string of the molecule is CNC(C)c1cccc(NC(=O)c2cccc(C)c2)c1. The lowest BCUT2D eigenvalue weighted by Crippen LogP contribution is -2.14. The Bertz CT molecular complexity index is 607. The number of amides is 1. The van der Waals surface area contributed by atoms with Gasteiger partial charge in [0.15, 0.2) is 0 Å². The Kier molecular flexibility index (Phi) is 4.53. The maximum atomic E-state index is 12.2. The fourth-order valence-electron chi connectivity index (χ4n) is 2.04. The van der Waals surface area contributed by atoms with Gasteiger partial charge in [-0.1, -0.05) is 29.8 Å². The first-order valence-corrected chi connectivity index (χ1v) is 6.75. The summed E-state index contributed by atoms with van der Waals surface area (Å²) in [6.45, 7) is 4.06. The van der Waals surface area contributed by atoms with Crippen molar-refractivity contribution in [3.63, 3.8) is 0 Å². The molecule has 2 N–H and O–H groups in total. The number of rotatable bonds is 4. The molecule has 0 aromatic heterocycles. The van der Waals surface area contributed by atoms with Crippen LogP contribution in [0, 0.1) is 6.92 Å². The van der Waals surface area contributed by atoms with E-state index in [0.717, 1.165) is 16.8 Å². The molecule has 0 saturated heterocycles. The number of aryl methyl sites for hydroxylation is 1. The fraction of sp³-hybridized carbons (Fsp3) is 0.235. The Labute approximate surface area is 120 Å². The van der Waals surface area contributed by atoms with Crippen molar-refractivity contribution >= 4 is 11.6 Å². The van der Waals surface area contributed by atoms with Gasteiger partial charge in [0.05, 0.1) is 0 Å². The van der Waals surface area contributed by atoms with Crippen molar-refractivity contribution in [2.45, 2.75) is 19.9 Å². The van der Waals surface area contributed by atoms with Crippen LogP contribution in [0.5, 0.6) is 0 Å². The van der Waals surface area contributed by atoms with Crippen molar-refractivity contribution in [3.05, 3.63) is 65.2 Å². The third-order valence-electron chi connectivity index (χ3n) is 3.36. The van der Waals surface area contributed by atoms with Crippen LogP contribution >= 0.6 is 0 Å². The van der Waals surface area contributed by atoms with Crippen molar-refractivity contribution in [1.29, 1.82) is 0 Å². The zero-order valence-electron chi connectivity index (χ0n) is 12.1. The highest BCUT2D eigenvalue weighted by atomic mass is 16.1. The van der Waals surface area contributed by atoms with Crippen LogP contribution in [0.1, 0.15) is 34.5 Å². The zero-order chi connectivity index (χ0) is 14.5. The lowest BCUT2D eigenvalue weighted by atomic mass is 10.1. The zero-order valence-corrected chi connectivity index (χ0v) is 12.1. The molecule has 0 radical (unpaired) electrons. The second-order valence-corrected chi connectivity index (χ2v) is 4.96. The molecule has 2 aromatic rings. The van der Waals surface area contributed by atoms with Crippen molar-refractivity contribution in [3.8, 4) is 0 Å². The van der Waals surface area contributed by atoms with E-state index in [0.29, 0.717) is 5.56 Å². The van der Waals surface area contributed by atoms with Crippen LogP contribution in [0.4, 0.5) is 5.69 Å². The standard InChI is InChI=1S/C17H20N2O/c1-12-6-4-8-15(10-12)17(20)19-16-9-5-7-14(11-16)13(2)18-3/h4-11,13,18H,1-3H3,(H,19,20). The lowest BCUT2D eigenvalue weighted by Gasteiger charge is -2.12. The number of carbonyl (C=O) groups is 1. The number of benzene rings is 2. The van der Waals surface area contributed by atoms with E-state index in [-0.39, 0.29) is 11.9 Å². The quantitative estimate of drug-likeness (QED) is 0.890. The van der Waals surface area contributed by atoms with Gasteiger partial charge >= 0.3 is 0 Å². The van der Waals surface area contributed by atoms with Crippen LogP contribution in [0.2, 0.25) is 0 Å². The molecule has 0 saturated carbocycles. The summed E-state index contributed by atoms with van der Waals surface area (Å²) < 4.78 is 0. The van der Waals surface area contributed by atoms with Crippen molar-refractivity contribution < 1.29 is 4.79 Å². The van der Waals surface area contributed by atoms with Crippen molar-refractivity contribution in [1.82, 2.24) is 5.32 Å². The summed E-state index contributed by atoms with van der Waals surface area (Å²) in [7, 11) is 1.92. The average Bonchev–Trinajstić information content (AvgIpc) is 2.46. The Hall–Kier alpha value is -2.13. The van der Waals surface area contributed by atoms with Gasteiger partial charge < -0.3 is 10.6 Å². The van der Waals surface area contributed by atoms with E-state index < -0.39 is 0 Å². The van der Waals surface area contributed by atoms with Crippen LogP contribution in [0.3, 0.4) is 0 Å². The number of carbonyl (C=O) groups excluding carboxylic acids is 1. The Morgan fingerprint density at radius 2 is 1.85 bits per heavy atom. The third-order valence-corrected chi connectivity index (χ3v) is 3.36. The largest absolute Gasteiger partial charge is 0.322 e. The van der Waals surface area contributed by atoms with E-state index in [2.05, 4.69) is 17.6 Å². The van der Waals surface area contributed by atoms with E-state index in [1.165, 1.54) is 0 Å². The first-order valence-electron chi connectivity index (χ1n) is 6.75. The lowest BCUT2D eigenvalue weighted by molar-refractivity contribution is 0.102. The van der Waals surface area contributed by atoms with Crippen molar-refractivity contribution in [2.24, 2.45) is 0 Å². The molecule has 0 aliphatic heterocycles. The Morgan fingerprint density at radius 1 is 1.10 bits per heavy atom. The smallest absolute Gasteiger partial charge is 0.255 e. The molecule has 1 atom stereocenters. The van der Waals surface area contributed by atoms with Gasteiger partial charge in [-0.3, -0.25) is 4.79 Å². The highest BCUT2D eigenvalue weighted by molar-refractivity contribution is 6.04. The average molecular weight is 268 g/mol. The molecular weight excluding hydrogens is 248 g/mol. The molecule has 0 fully saturated rings. The van der Waals surface area contributed by atoms with Gasteiger partial charge in [0, 0.05) is 17.3 Å². The first kappa shape index (κ1) is 14.3. The summed E-state index contributed by atoms with van der Waals surface area (Å²) >= 11 is 0. The van der Waals surface area contributed by atoms with E-state index in [4.69, 9.17) is 0 Å². The summed E-state index contributed by atoms with van der Waals surface area (Å²) in [6, 6.07) is 15.7. The monoisotopic (exact) mass is 268 g/mol. The maximum Gasteiger partial charge on any atom is 0.255 e. The number of nitrogens with one attached hydrogen (secondary N) is 2. The molecule has 0 bridgehead atoms. The summed E-state index contributed by atoms with van der Waals surface area (Å²) in [4.78, 5) is 12.2. The van der Waals surface area contributed by atoms with Gasteiger partial charge in [-0.05, 0) is 50.7 Å². The van der Waals surface area contributed by atoms with Crippen molar-refractivity contribution in [2.75, 3.05) is 12.4 Å². The van der Waals surface area contributed by atoms with Crippen LogP contribution < -0.4 is 10.6 Å². The predicted octanol–water partition coefficient (Wildman–Crippen LogP) is 3.53. The first-order chi connectivity index (χ1) is 9.60. The maximum absolute atomic E-state index is 12.2. The molecule has 2 rings (SSSR count). The van der Waals surface area contributed by atoms with Crippen LogP contribution in [0.25, 0.3) is 0 Å². The molecule has 104 valence electrons. The molecule has 1 amide bonds. The number of hydrogen-bond donors (Lipinski definition) is 2. The fourth-order valence-corrected chi connectivity index (χ4v) is 2.04. The second kappa shape index (κ2) is 6.35. The summed E-state index contributed by atoms with van der Waals surface area (Å²) in [6.07, 6.45) is 0. The summed E-state index contributed by atoms with van der Waals surface area (Å²) in [5.41, 5.74) is 3.72. The van der Waals surface area contributed by atoms with Gasteiger partial charge in [-0.25, -0.2) is 0 Å². The van der Waals surface area contributed by atoms with E-state index >= 15 is 0 Å². The van der Waals surface area contributed by atoms with Gasteiger partial charge in [-0.15, -0.1) is 0 Å². The molecule has 3 heteroatoms. The Morgan fingerprint density at radius 3 is 2.55 bits per heavy atom. The normalized spacial score (nSPS) is 11.9. The highest BCUT2D eigenvalue weighted by Gasteiger charge is 2.08. The minimum absolute atomic E-state index is 0.0806. The highest BCUT2D eigenvalue weighted by Crippen LogP contribution is 2.17. The molecular formula is C17H20N2O. The summed E-state index contributed by atoms with van der Waals surface area (Å²) in [5.74, 6) is -0.0806. The number of anilines is 1. The molecule has 0 aliphatic rings. The molecule has 20 heavy (non-hydrogen) atoms. The van der Waals surface area contributed by atoms with Gasteiger partial charge in [0.1, 0.15) is 0 Å². The van der Waals surface area contributed by atoms with Gasteiger partial charge in [0.2, 0.25) is 0 Å². The van der Waals surface area contributed by atoms with E-state index in [9.17, 15) is 4.79 Å². The van der Waals surface area contributed by atoms with Gasteiger partial charge in [0.25, 0.3) is 5.91 Å². The Balaban J connectivity index is 2.16. The number of hydrogen-bond acceptors (Lipinski definition) is 2. The van der Waals surface area contributed by atoms with Crippen LogP contribution in [-0.4, -0.2) is 13.0 Å².